The minimum atomic E-state index is -4.56. The van der Waals surface area contributed by atoms with Gasteiger partial charge in [0.05, 0.1) is 24.0 Å². The van der Waals surface area contributed by atoms with Crippen LogP contribution in [0.15, 0.2) is 47.8 Å². The number of thiazole rings is 1. The molecule has 4 rings (SSSR count). The smallest absolute Gasteiger partial charge is 0.395 e. The third-order valence-corrected chi connectivity index (χ3v) is 6.75. The molecule has 0 saturated carbocycles. The van der Waals surface area contributed by atoms with E-state index in [1.165, 1.54) is 16.7 Å². The largest absolute Gasteiger partial charge is 0.416 e. The van der Waals surface area contributed by atoms with Crippen LogP contribution in [0.5, 0.6) is 0 Å². The summed E-state index contributed by atoms with van der Waals surface area (Å²) in [7, 11) is 0. The van der Waals surface area contributed by atoms with Crippen LogP contribution in [-0.2, 0) is 12.6 Å². The second-order valence-electron chi connectivity index (χ2n) is 8.35. The standard InChI is InChI=1S/C24H25F4N3O2S/c25-21-6-3-16(24(26,27)28)11-20(21)22-14-34-23(30-22)29-17-4-1-15(2-5-17)7-9-31-10-8-19(33)12-18(31)13-32/h1-6,11,14,18-19,32-33H,7-10,12-13H2,(H,29,30)/t18-,19+/m1/s1. The molecule has 0 amide bonds. The number of rotatable bonds is 7. The molecule has 5 nitrogen and oxygen atoms in total. The fourth-order valence-corrected chi connectivity index (χ4v) is 4.80. The molecule has 1 saturated heterocycles. The molecule has 182 valence electrons. The lowest BCUT2D eigenvalue weighted by atomic mass is 9.99. The van der Waals surface area contributed by atoms with Gasteiger partial charge >= 0.3 is 6.18 Å². The van der Waals surface area contributed by atoms with Gasteiger partial charge in [-0.15, -0.1) is 11.3 Å². The van der Waals surface area contributed by atoms with E-state index in [9.17, 15) is 27.8 Å². The van der Waals surface area contributed by atoms with Crippen molar-refractivity contribution in [1.82, 2.24) is 9.88 Å². The Bertz CT molecular complexity index is 1100. The fraction of sp³-hybridized carbons (Fsp3) is 0.375. The molecule has 1 aliphatic heterocycles. The lowest BCUT2D eigenvalue weighted by Gasteiger charge is -2.36. The Balaban J connectivity index is 1.38. The van der Waals surface area contributed by atoms with Crippen LogP contribution in [0.25, 0.3) is 11.3 Å². The molecule has 3 aromatic rings. The summed E-state index contributed by atoms with van der Waals surface area (Å²) in [6, 6.07) is 9.96. The van der Waals surface area contributed by atoms with E-state index in [1.54, 1.807) is 0 Å². The number of halogens is 4. The van der Waals surface area contributed by atoms with Crippen LogP contribution in [0.1, 0.15) is 24.0 Å². The molecule has 3 N–H and O–H groups in total. The molecule has 10 heteroatoms. The number of piperidine rings is 1. The van der Waals surface area contributed by atoms with Crippen molar-refractivity contribution in [2.45, 2.75) is 37.6 Å². The molecule has 34 heavy (non-hydrogen) atoms. The first-order chi connectivity index (χ1) is 16.2. The number of aromatic nitrogens is 1. The van der Waals surface area contributed by atoms with Gasteiger partial charge < -0.3 is 15.5 Å². The molecule has 1 aliphatic rings. The SMILES string of the molecule is OC[C@H]1C[C@@H](O)CCN1CCc1ccc(Nc2nc(-c3cc(C(F)(F)F)ccc3F)cs2)cc1. The minimum absolute atomic E-state index is 0.0227. The van der Waals surface area contributed by atoms with E-state index < -0.39 is 17.6 Å². The fourth-order valence-electron chi connectivity index (χ4n) is 4.07. The van der Waals surface area contributed by atoms with Gasteiger partial charge in [0, 0.05) is 35.8 Å². The zero-order valence-electron chi connectivity index (χ0n) is 18.2. The summed E-state index contributed by atoms with van der Waals surface area (Å²) in [4.78, 5) is 6.45. The van der Waals surface area contributed by atoms with Crippen molar-refractivity contribution >= 4 is 22.2 Å². The third-order valence-electron chi connectivity index (χ3n) is 5.99. The summed E-state index contributed by atoms with van der Waals surface area (Å²) >= 11 is 1.18. The number of nitrogens with zero attached hydrogens (tertiary/aromatic N) is 2. The highest BCUT2D eigenvalue weighted by molar-refractivity contribution is 7.14. The normalized spacial score (nSPS) is 19.4. The summed E-state index contributed by atoms with van der Waals surface area (Å²) in [6.07, 6.45) is -2.83. The Morgan fingerprint density at radius 1 is 1.15 bits per heavy atom. The monoisotopic (exact) mass is 495 g/mol. The Kier molecular flexibility index (Phi) is 7.51. The third kappa shape index (κ3) is 5.93. The predicted octanol–water partition coefficient (Wildman–Crippen LogP) is 5.07. The maximum absolute atomic E-state index is 14.1. The Morgan fingerprint density at radius 2 is 1.91 bits per heavy atom. The number of likely N-dealkylation sites (tertiary alicyclic amines) is 1. The second kappa shape index (κ2) is 10.4. The summed E-state index contributed by atoms with van der Waals surface area (Å²) in [5, 5.41) is 24.4. The molecule has 2 atom stereocenters. The van der Waals surface area contributed by atoms with Crippen LogP contribution < -0.4 is 5.32 Å². The summed E-state index contributed by atoms with van der Waals surface area (Å²) in [6.45, 7) is 1.56. The first kappa shape index (κ1) is 24.6. The minimum Gasteiger partial charge on any atom is -0.395 e. The topological polar surface area (TPSA) is 68.6 Å². The quantitative estimate of drug-likeness (QED) is 0.400. The highest BCUT2D eigenvalue weighted by Gasteiger charge is 2.31. The molecule has 2 heterocycles. The van der Waals surface area contributed by atoms with Gasteiger partial charge in [0.15, 0.2) is 5.13 Å². The van der Waals surface area contributed by atoms with Gasteiger partial charge in [-0.05, 0) is 55.2 Å². The summed E-state index contributed by atoms with van der Waals surface area (Å²) < 4.78 is 53.1. The van der Waals surface area contributed by atoms with Gasteiger partial charge in [0.2, 0.25) is 0 Å². The van der Waals surface area contributed by atoms with Gasteiger partial charge in [0.25, 0.3) is 0 Å². The van der Waals surface area contributed by atoms with Gasteiger partial charge in [-0.2, -0.15) is 13.2 Å². The highest BCUT2D eigenvalue weighted by atomic mass is 32.1. The number of hydrogen-bond donors (Lipinski definition) is 3. The van der Waals surface area contributed by atoms with E-state index >= 15 is 0 Å². The van der Waals surface area contributed by atoms with Crippen molar-refractivity contribution < 1.29 is 27.8 Å². The van der Waals surface area contributed by atoms with Crippen molar-refractivity contribution in [3.8, 4) is 11.3 Å². The maximum Gasteiger partial charge on any atom is 0.416 e. The Hall–Kier alpha value is -2.53. The van der Waals surface area contributed by atoms with Crippen LogP contribution in [0.4, 0.5) is 28.4 Å². The average Bonchev–Trinajstić information content (AvgIpc) is 3.26. The molecule has 1 aromatic heterocycles. The van der Waals surface area contributed by atoms with Crippen molar-refractivity contribution in [3.05, 3.63) is 64.8 Å². The number of hydrogen-bond acceptors (Lipinski definition) is 6. The average molecular weight is 496 g/mol. The lowest BCUT2D eigenvalue weighted by Crippen LogP contribution is -2.47. The van der Waals surface area contributed by atoms with E-state index in [2.05, 4.69) is 15.2 Å². The van der Waals surface area contributed by atoms with Crippen molar-refractivity contribution in [3.63, 3.8) is 0 Å². The molecule has 0 aliphatic carbocycles. The van der Waals surface area contributed by atoms with Crippen molar-refractivity contribution in [1.29, 1.82) is 0 Å². The lowest BCUT2D eigenvalue weighted by molar-refractivity contribution is -0.137. The van der Waals surface area contributed by atoms with Gasteiger partial charge in [0.1, 0.15) is 5.82 Å². The van der Waals surface area contributed by atoms with Crippen LogP contribution in [0.2, 0.25) is 0 Å². The predicted molar refractivity (Wildman–Crippen MR) is 124 cm³/mol. The molecule has 0 spiro atoms. The zero-order valence-corrected chi connectivity index (χ0v) is 19.0. The molecule has 0 unspecified atom stereocenters. The Morgan fingerprint density at radius 3 is 2.62 bits per heavy atom. The molecule has 1 fully saturated rings. The first-order valence-corrected chi connectivity index (χ1v) is 11.8. The molecule has 2 aromatic carbocycles. The molecular formula is C24H25F4N3O2S. The van der Waals surface area contributed by atoms with E-state index in [0.717, 1.165) is 42.9 Å². The Labute approximate surface area is 198 Å². The summed E-state index contributed by atoms with van der Waals surface area (Å²) in [5.41, 5.74) is 0.884. The van der Waals surface area contributed by atoms with Crippen LogP contribution in [0, 0.1) is 5.82 Å². The van der Waals surface area contributed by atoms with Crippen LogP contribution in [0.3, 0.4) is 0 Å². The van der Waals surface area contributed by atoms with E-state index in [4.69, 9.17) is 0 Å². The van der Waals surface area contributed by atoms with Gasteiger partial charge in [-0.1, -0.05) is 12.1 Å². The van der Waals surface area contributed by atoms with Crippen molar-refractivity contribution in [2.24, 2.45) is 0 Å². The number of benzene rings is 2. The molecular weight excluding hydrogens is 470 g/mol. The summed E-state index contributed by atoms with van der Waals surface area (Å²) in [5.74, 6) is -0.763. The maximum atomic E-state index is 14.1. The number of anilines is 2. The van der Waals surface area contributed by atoms with Gasteiger partial charge in [-0.3, -0.25) is 4.90 Å². The number of nitrogens with one attached hydrogen (secondary N) is 1. The van der Waals surface area contributed by atoms with Gasteiger partial charge in [-0.25, -0.2) is 9.37 Å². The first-order valence-electron chi connectivity index (χ1n) is 10.9. The van der Waals surface area contributed by atoms with E-state index in [0.29, 0.717) is 24.0 Å². The molecule has 0 bridgehead atoms. The van der Waals surface area contributed by atoms with Crippen LogP contribution >= 0.6 is 11.3 Å². The van der Waals surface area contributed by atoms with Crippen LogP contribution in [-0.4, -0.2) is 51.9 Å². The highest BCUT2D eigenvalue weighted by Crippen LogP contribution is 2.35. The zero-order chi connectivity index (χ0) is 24.3. The van der Waals surface area contributed by atoms with E-state index in [1.807, 2.05) is 24.3 Å². The number of aliphatic hydroxyl groups excluding tert-OH is 2. The molecule has 0 radical (unpaired) electrons. The number of aliphatic hydroxyl groups is 2. The second-order valence-corrected chi connectivity index (χ2v) is 9.21. The van der Waals surface area contributed by atoms with Crippen molar-refractivity contribution in [2.75, 3.05) is 25.0 Å². The number of alkyl halides is 3. The van der Waals surface area contributed by atoms with E-state index in [-0.39, 0.29) is 30.0 Å².